The van der Waals surface area contributed by atoms with Crippen LogP contribution in [0.4, 0.5) is 4.79 Å². The molecule has 0 unspecified atom stereocenters. The van der Waals surface area contributed by atoms with Crippen molar-refractivity contribution in [1.82, 2.24) is 5.32 Å². The van der Waals surface area contributed by atoms with Gasteiger partial charge in [0.15, 0.2) is 0 Å². The van der Waals surface area contributed by atoms with E-state index in [4.69, 9.17) is 9.47 Å². The highest BCUT2D eigenvalue weighted by Crippen LogP contribution is 2.10. The van der Waals surface area contributed by atoms with Gasteiger partial charge in [-0.05, 0) is 27.2 Å². The Hall–Kier alpha value is -1.30. The molecule has 0 rings (SSSR count). The second-order valence-electron chi connectivity index (χ2n) is 5.80. The number of esters is 1. The summed E-state index contributed by atoms with van der Waals surface area (Å²) in [5.74, 6) is -0.998. The molecule has 0 heterocycles. The molecule has 0 saturated heterocycles. The molecular formula is C14H27NO5. The van der Waals surface area contributed by atoms with E-state index in [1.807, 2.05) is 6.92 Å². The molecular weight excluding hydrogens is 262 g/mol. The standard InChI is InChI=1S/C14H27NO5/c1-6-7-8-19-12(17)11(10(2)9-16)15-13(18)20-14(3,4)5/h10-11,16H,6-9H2,1-5H3,(H,15,18)/t10-,11-/m0/s1. The zero-order valence-corrected chi connectivity index (χ0v) is 13.1. The van der Waals surface area contributed by atoms with Gasteiger partial charge in [-0.3, -0.25) is 0 Å². The molecule has 2 N–H and O–H groups in total. The number of carbonyl (C=O) groups is 2. The summed E-state index contributed by atoms with van der Waals surface area (Å²) in [7, 11) is 0. The zero-order valence-electron chi connectivity index (χ0n) is 13.1. The summed E-state index contributed by atoms with van der Waals surface area (Å²) in [4.78, 5) is 23.6. The van der Waals surface area contributed by atoms with Gasteiger partial charge in [-0.25, -0.2) is 9.59 Å². The highest BCUT2D eigenvalue weighted by atomic mass is 16.6. The Morgan fingerprint density at radius 3 is 2.35 bits per heavy atom. The van der Waals surface area contributed by atoms with Crippen LogP contribution in [0.5, 0.6) is 0 Å². The lowest BCUT2D eigenvalue weighted by molar-refractivity contribution is -0.148. The lowest BCUT2D eigenvalue weighted by Crippen LogP contribution is -2.48. The van der Waals surface area contributed by atoms with E-state index in [1.165, 1.54) is 0 Å². The number of aliphatic hydroxyl groups is 1. The Morgan fingerprint density at radius 2 is 1.90 bits per heavy atom. The van der Waals surface area contributed by atoms with Crippen LogP contribution < -0.4 is 5.32 Å². The minimum Gasteiger partial charge on any atom is -0.464 e. The maximum atomic E-state index is 11.9. The number of unbranched alkanes of at least 4 members (excludes halogenated alkanes) is 1. The van der Waals surface area contributed by atoms with E-state index in [2.05, 4.69) is 5.32 Å². The molecule has 0 radical (unpaired) electrons. The summed E-state index contributed by atoms with van der Waals surface area (Å²) in [5.41, 5.74) is -0.650. The van der Waals surface area contributed by atoms with Crippen LogP contribution in [-0.2, 0) is 14.3 Å². The fourth-order valence-electron chi connectivity index (χ4n) is 1.38. The maximum absolute atomic E-state index is 11.9. The van der Waals surface area contributed by atoms with Crippen LogP contribution in [-0.4, -0.2) is 42.0 Å². The first-order chi connectivity index (χ1) is 9.21. The number of hydrogen-bond acceptors (Lipinski definition) is 5. The summed E-state index contributed by atoms with van der Waals surface area (Å²) in [6, 6.07) is -0.910. The summed E-state index contributed by atoms with van der Waals surface area (Å²) in [6.45, 7) is 8.91. The van der Waals surface area contributed by atoms with Crippen molar-refractivity contribution < 1.29 is 24.2 Å². The van der Waals surface area contributed by atoms with Crippen LogP contribution in [0.25, 0.3) is 0 Å². The van der Waals surface area contributed by atoms with Crippen LogP contribution in [0.2, 0.25) is 0 Å². The Balaban J connectivity index is 4.56. The van der Waals surface area contributed by atoms with Crippen molar-refractivity contribution in [2.75, 3.05) is 13.2 Å². The lowest BCUT2D eigenvalue weighted by Gasteiger charge is -2.25. The minimum atomic E-state index is -0.910. The third kappa shape index (κ3) is 7.99. The topological polar surface area (TPSA) is 84.9 Å². The molecule has 0 fully saturated rings. The summed E-state index contributed by atoms with van der Waals surface area (Å²) >= 11 is 0. The van der Waals surface area contributed by atoms with E-state index in [9.17, 15) is 14.7 Å². The van der Waals surface area contributed by atoms with Gasteiger partial charge in [0, 0.05) is 12.5 Å². The molecule has 0 aromatic rings. The highest BCUT2D eigenvalue weighted by Gasteiger charge is 2.29. The lowest BCUT2D eigenvalue weighted by atomic mass is 10.0. The minimum absolute atomic E-state index is 0.233. The molecule has 0 bridgehead atoms. The van der Waals surface area contributed by atoms with E-state index in [0.29, 0.717) is 6.61 Å². The Kier molecular flexibility index (Phi) is 8.22. The van der Waals surface area contributed by atoms with E-state index < -0.39 is 29.6 Å². The normalized spacial score (nSPS) is 14.3. The van der Waals surface area contributed by atoms with Gasteiger partial charge in [0.05, 0.1) is 6.61 Å². The van der Waals surface area contributed by atoms with Crippen molar-refractivity contribution in [2.24, 2.45) is 5.92 Å². The van der Waals surface area contributed by atoms with Gasteiger partial charge in [-0.2, -0.15) is 0 Å². The highest BCUT2D eigenvalue weighted by molar-refractivity contribution is 5.81. The van der Waals surface area contributed by atoms with E-state index in [0.717, 1.165) is 12.8 Å². The number of carbonyl (C=O) groups excluding carboxylic acids is 2. The molecule has 1 amide bonds. The van der Waals surface area contributed by atoms with Crippen molar-refractivity contribution in [2.45, 2.75) is 59.1 Å². The predicted octanol–water partition coefficient (Wildman–Crippen LogP) is 1.85. The van der Waals surface area contributed by atoms with Gasteiger partial charge in [0.1, 0.15) is 11.6 Å². The summed E-state index contributed by atoms with van der Waals surface area (Å²) < 4.78 is 10.2. The maximum Gasteiger partial charge on any atom is 0.408 e. The third-order valence-corrected chi connectivity index (χ3v) is 2.53. The predicted molar refractivity (Wildman–Crippen MR) is 75.3 cm³/mol. The van der Waals surface area contributed by atoms with Crippen LogP contribution in [0.3, 0.4) is 0 Å². The fourth-order valence-corrected chi connectivity index (χ4v) is 1.38. The van der Waals surface area contributed by atoms with Crippen LogP contribution in [0.15, 0.2) is 0 Å². The Labute approximate surface area is 120 Å². The second-order valence-corrected chi connectivity index (χ2v) is 5.80. The molecule has 118 valence electrons. The summed E-state index contributed by atoms with van der Waals surface area (Å²) in [6.07, 6.45) is 0.973. The molecule has 6 heteroatoms. The van der Waals surface area contributed by atoms with Crippen molar-refractivity contribution in [3.05, 3.63) is 0 Å². The smallest absolute Gasteiger partial charge is 0.408 e. The van der Waals surface area contributed by atoms with Crippen LogP contribution in [0.1, 0.15) is 47.5 Å². The molecule has 0 aliphatic carbocycles. The van der Waals surface area contributed by atoms with Crippen molar-refractivity contribution in [3.63, 3.8) is 0 Å². The number of hydrogen-bond donors (Lipinski definition) is 2. The molecule has 0 aromatic heterocycles. The van der Waals surface area contributed by atoms with Gasteiger partial charge < -0.3 is 19.9 Å². The second kappa shape index (κ2) is 8.79. The molecule has 6 nitrogen and oxygen atoms in total. The summed E-state index contributed by atoms with van der Waals surface area (Å²) in [5, 5.41) is 11.6. The average molecular weight is 289 g/mol. The van der Waals surface area contributed by atoms with Gasteiger partial charge in [-0.15, -0.1) is 0 Å². The molecule has 20 heavy (non-hydrogen) atoms. The number of alkyl carbamates (subject to hydrolysis) is 1. The molecule has 0 aliphatic heterocycles. The van der Waals surface area contributed by atoms with Crippen LogP contribution >= 0.6 is 0 Å². The number of rotatable bonds is 7. The first-order valence-electron chi connectivity index (χ1n) is 6.98. The van der Waals surface area contributed by atoms with Gasteiger partial charge in [-0.1, -0.05) is 20.3 Å². The van der Waals surface area contributed by atoms with E-state index >= 15 is 0 Å². The van der Waals surface area contributed by atoms with Crippen molar-refractivity contribution >= 4 is 12.1 Å². The van der Waals surface area contributed by atoms with Crippen molar-refractivity contribution in [1.29, 1.82) is 0 Å². The quantitative estimate of drug-likeness (QED) is 0.552. The van der Waals surface area contributed by atoms with Gasteiger partial charge in [0.25, 0.3) is 0 Å². The zero-order chi connectivity index (χ0) is 15.8. The first kappa shape index (κ1) is 18.7. The van der Waals surface area contributed by atoms with Crippen LogP contribution in [0, 0.1) is 5.92 Å². The largest absolute Gasteiger partial charge is 0.464 e. The number of aliphatic hydroxyl groups excluding tert-OH is 1. The molecule has 0 spiro atoms. The first-order valence-corrected chi connectivity index (χ1v) is 6.98. The Bertz CT molecular complexity index is 311. The molecule has 0 aliphatic rings. The number of amides is 1. The monoisotopic (exact) mass is 289 g/mol. The SMILES string of the molecule is CCCCOC(=O)[C@@H](NC(=O)OC(C)(C)C)[C@@H](C)CO. The Morgan fingerprint density at radius 1 is 1.30 bits per heavy atom. The van der Waals surface area contributed by atoms with Crippen molar-refractivity contribution in [3.8, 4) is 0 Å². The molecule has 0 aromatic carbocycles. The molecule has 2 atom stereocenters. The number of ether oxygens (including phenoxy) is 2. The van der Waals surface area contributed by atoms with Gasteiger partial charge in [0.2, 0.25) is 0 Å². The number of nitrogens with one attached hydrogen (secondary N) is 1. The van der Waals surface area contributed by atoms with E-state index in [-0.39, 0.29) is 6.61 Å². The fraction of sp³-hybridized carbons (Fsp3) is 0.857. The molecule has 0 saturated carbocycles. The van der Waals surface area contributed by atoms with Gasteiger partial charge >= 0.3 is 12.1 Å². The van der Waals surface area contributed by atoms with E-state index in [1.54, 1.807) is 27.7 Å². The third-order valence-electron chi connectivity index (χ3n) is 2.53. The average Bonchev–Trinajstić information content (AvgIpc) is 2.33.